The molecule has 0 atom stereocenters. The Balaban J connectivity index is 2.06. The van der Waals surface area contributed by atoms with Crippen LogP contribution in [0.25, 0.3) is 0 Å². The molecule has 0 unspecified atom stereocenters. The van der Waals surface area contributed by atoms with Crippen molar-refractivity contribution >= 4 is 23.4 Å². The van der Waals surface area contributed by atoms with Crippen LogP contribution in [0.1, 0.15) is 35.2 Å². The number of halogens is 4. The molecule has 4 nitrogen and oxygen atoms in total. The van der Waals surface area contributed by atoms with Gasteiger partial charge in [0.15, 0.2) is 0 Å². The molecule has 0 bridgehead atoms. The summed E-state index contributed by atoms with van der Waals surface area (Å²) >= 11 is 5.88. The monoisotopic (exact) mass is 362 g/mol. The van der Waals surface area contributed by atoms with E-state index in [2.05, 4.69) is 0 Å². The lowest BCUT2D eigenvalue weighted by molar-refractivity contribution is -0.137. The molecule has 2 rings (SSSR count). The Morgan fingerprint density at radius 3 is 2.67 bits per heavy atom. The van der Waals surface area contributed by atoms with Gasteiger partial charge in [-0.15, -0.1) is 0 Å². The molecule has 1 aliphatic heterocycles. The fraction of sp³-hybridized carbons (Fsp3) is 0.500. The SMILES string of the molecule is CN(CCN1CCCCC1=O)C(=O)c1cc(C(F)(F)F)ccc1Cl. The third-order valence-corrected chi connectivity index (χ3v) is 4.33. The zero-order valence-electron chi connectivity index (χ0n) is 13.2. The number of carbonyl (C=O) groups excluding carboxylic acids is 2. The van der Waals surface area contributed by atoms with Gasteiger partial charge < -0.3 is 9.80 Å². The lowest BCUT2D eigenvalue weighted by Gasteiger charge is -2.29. The molecule has 0 saturated carbocycles. The molecule has 0 N–H and O–H groups in total. The van der Waals surface area contributed by atoms with E-state index in [0.717, 1.165) is 31.0 Å². The molecule has 1 aromatic rings. The highest BCUT2D eigenvalue weighted by Gasteiger charge is 2.32. The highest BCUT2D eigenvalue weighted by atomic mass is 35.5. The largest absolute Gasteiger partial charge is 0.416 e. The summed E-state index contributed by atoms with van der Waals surface area (Å²) in [5.41, 5.74) is -1.12. The first-order chi connectivity index (χ1) is 11.2. The number of alkyl halides is 3. The number of amides is 2. The Bertz CT molecular complexity index is 634. The number of carbonyl (C=O) groups is 2. The quantitative estimate of drug-likeness (QED) is 0.823. The van der Waals surface area contributed by atoms with Gasteiger partial charge in [0.05, 0.1) is 16.1 Å². The number of likely N-dealkylation sites (N-methyl/N-ethyl adjacent to an activating group) is 1. The van der Waals surface area contributed by atoms with Gasteiger partial charge in [-0.2, -0.15) is 13.2 Å². The zero-order chi connectivity index (χ0) is 17.9. The van der Waals surface area contributed by atoms with Gasteiger partial charge in [-0.25, -0.2) is 0 Å². The van der Waals surface area contributed by atoms with Gasteiger partial charge in [0.2, 0.25) is 5.91 Å². The van der Waals surface area contributed by atoms with Gasteiger partial charge in [-0.3, -0.25) is 9.59 Å². The number of nitrogens with zero attached hydrogens (tertiary/aromatic N) is 2. The van der Waals surface area contributed by atoms with Crippen LogP contribution in [0.2, 0.25) is 5.02 Å². The summed E-state index contributed by atoms with van der Waals surface area (Å²) in [4.78, 5) is 27.1. The summed E-state index contributed by atoms with van der Waals surface area (Å²) < 4.78 is 38.4. The number of benzene rings is 1. The first kappa shape index (κ1) is 18.6. The van der Waals surface area contributed by atoms with Crippen LogP contribution in [0.3, 0.4) is 0 Å². The molecular weight excluding hydrogens is 345 g/mol. The van der Waals surface area contributed by atoms with Crippen LogP contribution >= 0.6 is 11.6 Å². The average molecular weight is 363 g/mol. The number of hydrogen-bond donors (Lipinski definition) is 0. The predicted molar refractivity (Wildman–Crippen MR) is 83.8 cm³/mol. The maximum Gasteiger partial charge on any atom is 0.416 e. The highest BCUT2D eigenvalue weighted by Crippen LogP contribution is 2.32. The van der Waals surface area contributed by atoms with E-state index in [1.807, 2.05) is 0 Å². The molecule has 1 saturated heterocycles. The Morgan fingerprint density at radius 1 is 1.33 bits per heavy atom. The Kier molecular flexibility index (Phi) is 5.74. The van der Waals surface area contributed by atoms with Crippen molar-refractivity contribution < 1.29 is 22.8 Å². The third-order valence-electron chi connectivity index (χ3n) is 4.00. The van der Waals surface area contributed by atoms with Crippen LogP contribution in [-0.2, 0) is 11.0 Å². The van der Waals surface area contributed by atoms with E-state index in [0.29, 0.717) is 19.5 Å². The second kappa shape index (κ2) is 7.42. The Morgan fingerprint density at radius 2 is 2.04 bits per heavy atom. The molecule has 0 spiro atoms. The van der Waals surface area contributed by atoms with E-state index >= 15 is 0 Å². The van der Waals surface area contributed by atoms with E-state index in [1.54, 1.807) is 4.90 Å². The van der Waals surface area contributed by atoms with E-state index in [-0.39, 0.29) is 23.0 Å². The molecule has 0 radical (unpaired) electrons. The minimum atomic E-state index is -4.54. The normalized spacial score (nSPS) is 15.5. The summed E-state index contributed by atoms with van der Waals surface area (Å²) in [7, 11) is 1.48. The van der Waals surface area contributed by atoms with Crippen molar-refractivity contribution in [2.24, 2.45) is 0 Å². The molecule has 2 amide bonds. The van der Waals surface area contributed by atoms with E-state index in [4.69, 9.17) is 11.6 Å². The second-order valence-corrected chi connectivity index (χ2v) is 6.16. The summed E-state index contributed by atoms with van der Waals surface area (Å²) in [6, 6.07) is 2.67. The van der Waals surface area contributed by atoms with Crippen molar-refractivity contribution in [3.05, 3.63) is 34.3 Å². The van der Waals surface area contributed by atoms with E-state index in [1.165, 1.54) is 11.9 Å². The molecule has 1 aliphatic rings. The Hall–Kier alpha value is -1.76. The fourth-order valence-electron chi connectivity index (χ4n) is 2.54. The first-order valence-electron chi connectivity index (χ1n) is 7.60. The van der Waals surface area contributed by atoms with Gasteiger partial charge in [0, 0.05) is 33.1 Å². The van der Waals surface area contributed by atoms with Crippen molar-refractivity contribution in [3.8, 4) is 0 Å². The molecule has 8 heteroatoms. The summed E-state index contributed by atoms with van der Waals surface area (Å²) in [6.07, 6.45) is -2.26. The van der Waals surface area contributed by atoms with Crippen molar-refractivity contribution in [2.45, 2.75) is 25.4 Å². The molecule has 132 valence electrons. The Labute approximate surface area is 143 Å². The molecule has 24 heavy (non-hydrogen) atoms. The maximum atomic E-state index is 12.8. The molecule has 0 aromatic heterocycles. The number of rotatable bonds is 4. The van der Waals surface area contributed by atoms with Crippen molar-refractivity contribution in [1.82, 2.24) is 9.80 Å². The average Bonchev–Trinajstić information content (AvgIpc) is 2.52. The fourth-order valence-corrected chi connectivity index (χ4v) is 2.74. The van der Waals surface area contributed by atoms with Gasteiger partial charge >= 0.3 is 6.18 Å². The number of piperidine rings is 1. The molecule has 0 aliphatic carbocycles. The van der Waals surface area contributed by atoms with Gasteiger partial charge in [0.25, 0.3) is 5.91 Å². The third kappa shape index (κ3) is 4.41. The first-order valence-corrected chi connectivity index (χ1v) is 7.98. The minimum absolute atomic E-state index is 0.0334. The summed E-state index contributed by atoms with van der Waals surface area (Å²) in [5.74, 6) is -0.560. The summed E-state index contributed by atoms with van der Waals surface area (Å²) in [6.45, 7) is 1.24. The second-order valence-electron chi connectivity index (χ2n) is 5.76. The maximum absolute atomic E-state index is 12.8. The van der Waals surface area contributed by atoms with Gasteiger partial charge in [0.1, 0.15) is 0 Å². The van der Waals surface area contributed by atoms with E-state index < -0.39 is 17.6 Å². The molecule has 1 aromatic carbocycles. The van der Waals surface area contributed by atoms with Crippen LogP contribution < -0.4 is 0 Å². The molecule has 1 fully saturated rings. The highest BCUT2D eigenvalue weighted by molar-refractivity contribution is 6.33. The van der Waals surface area contributed by atoms with Crippen molar-refractivity contribution in [2.75, 3.05) is 26.7 Å². The smallest absolute Gasteiger partial charge is 0.341 e. The van der Waals surface area contributed by atoms with Crippen LogP contribution in [0, 0.1) is 0 Å². The lowest BCUT2D eigenvalue weighted by Crippen LogP contribution is -2.41. The molecule has 1 heterocycles. The van der Waals surface area contributed by atoms with E-state index in [9.17, 15) is 22.8 Å². The van der Waals surface area contributed by atoms with Gasteiger partial charge in [-0.1, -0.05) is 11.6 Å². The van der Waals surface area contributed by atoms with Crippen LogP contribution in [0.15, 0.2) is 18.2 Å². The summed E-state index contributed by atoms with van der Waals surface area (Å²) in [5, 5.41) is -0.0334. The zero-order valence-corrected chi connectivity index (χ0v) is 14.0. The molecular formula is C16H18ClF3N2O2. The number of likely N-dealkylation sites (tertiary alicyclic amines) is 1. The minimum Gasteiger partial charge on any atom is -0.341 e. The topological polar surface area (TPSA) is 40.6 Å². The number of hydrogen-bond acceptors (Lipinski definition) is 2. The van der Waals surface area contributed by atoms with Crippen LogP contribution in [0.4, 0.5) is 13.2 Å². The van der Waals surface area contributed by atoms with Crippen molar-refractivity contribution in [1.29, 1.82) is 0 Å². The van der Waals surface area contributed by atoms with Gasteiger partial charge in [-0.05, 0) is 31.0 Å². The lowest BCUT2D eigenvalue weighted by atomic mass is 10.1. The predicted octanol–water partition coefficient (Wildman–Crippen LogP) is 3.44. The van der Waals surface area contributed by atoms with Crippen LogP contribution in [0.5, 0.6) is 0 Å². The standard InChI is InChI=1S/C16H18ClF3N2O2/c1-21(8-9-22-7-3-2-4-14(22)23)15(24)12-10-11(16(18,19)20)5-6-13(12)17/h5-6,10H,2-4,7-9H2,1H3. The van der Waals surface area contributed by atoms with Crippen LogP contribution in [-0.4, -0.2) is 48.3 Å². The van der Waals surface area contributed by atoms with Crippen molar-refractivity contribution in [3.63, 3.8) is 0 Å².